The van der Waals surface area contributed by atoms with E-state index in [1.165, 1.54) is 38.3 Å². The highest BCUT2D eigenvalue weighted by Gasteiger charge is 2.26. The zero-order valence-electron chi connectivity index (χ0n) is 12.5. The number of anilines is 2. The van der Waals surface area contributed by atoms with E-state index in [0.717, 1.165) is 19.5 Å². The lowest BCUT2D eigenvalue weighted by Gasteiger charge is -2.33. The van der Waals surface area contributed by atoms with Gasteiger partial charge < -0.3 is 10.6 Å². The predicted molar refractivity (Wildman–Crippen MR) is 80.5 cm³/mol. The van der Waals surface area contributed by atoms with Gasteiger partial charge in [-0.1, -0.05) is 33.1 Å². The van der Waals surface area contributed by atoms with Crippen molar-refractivity contribution in [2.75, 3.05) is 23.7 Å². The Morgan fingerprint density at radius 2 is 2.00 bits per heavy atom. The fourth-order valence-electron chi connectivity index (χ4n) is 2.69. The highest BCUT2D eigenvalue weighted by atomic mass is 19.1. The van der Waals surface area contributed by atoms with Crippen LogP contribution in [0.2, 0.25) is 0 Å². The minimum Gasteiger partial charge on any atom is -0.367 e. The summed E-state index contributed by atoms with van der Waals surface area (Å²) in [6.07, 6.45) is 8.49. The van der Waals surface area contributed by atoms with Gasteiger partial charge in [0.1, 0.15) is 0 Å². The Hall–Kier alpha value is -1.39. The van der Waals surface area contributed by atoms with Crippen LogP contribution in [0.1, 0.15) is 52.4 Å². The maximum Gasteiger partial charge on any atom is 0.224 e. The molecule has 2 rings (SSSR count). The van der Waals surface area contributed by atoms with Crippen molar-refractivity contribution in [3.8, 4) is 0 Å². The SMILES string of the molecule is CCCNc1ncc(F)c(NCC2(C)CCCCC2)n1. The quantitative estimate of drug-likeness (QED) is 0.831. The summed E-state index contributed by atoms with van der Waals surface area (Å²) >= 11 is 0. The smallest absolute Gasteiger partial charge is 0.224 e. The van der Waals surface area contributed by atoms with Gasteiger partial charge in [-0.25, -0.2) is 9.37 Å². The summed E-state index contributed by atoms with van der Waals surface area (Å²) in [7, 11) is 0. The van der Waals surface area contributed by atoms with E-state index in [9.17, 15) is 4.39 Å². The van der Waals surface area contributed by atoms with Crippen LogP contribution in [0.3, 0.4) is 0 Å². The van der Waals surface area contributed by atoms with Gasteiger partial charge in [0.15, 0.2) is 11.6 Å². The van der Waals surface area contributed by atoms with Crippen molar-refractivity contribution in [2.45, 2.75) is 52.4 Å². The molecular formula is C15H25FN4. The minimum absolute atomic E-state index is 0.257. The fourth-order valence-corrected chi connectivity index (χ4v) is 2.69. The van der Waals surface area contributed by atoms with Gasteiger partial charge in [-0.3, -0.25) is 0 Å². The highest BCUT2D eigenvalue weighted by Crippen LogP contribution is 2.35. The lowest BCUT2D eigenvalue weighted by molar-refractivity contribution is 0.233. The van der Waals surface area contributed by atoms with E-state index < -0.39 is 0 Å². The summed E-state index contributed by atoms with van der Waals surface area (Å²) in [6.45, 7) is 5.91. The number of nitrogens with zero attached hydrogens (tertiary/aromatic N) is 2. The molecular weight excluding hydrogens is 255 g/mol. The minimum atomic E-state index is -0.383. The number of hydrogen-bond donors (Lipinski definition) is 2. The molecule has 1 aliphatic rings. The summed E-state index contributed by atoms with van der Waals surface area (Å²) < 4.78 is 13.8. The summed E-state index contributed by atoms with van der Waals surface area (Å²) in [4.78, 5) is 8.17. The first-order valence-electron chi connectivity index (χ1n) is 7.63. The van der Waals surface area contributed by atoms with Crippen LogP contribution in [0, 0.1) is 11.2 Å². The van der Waals surface area contributed by atoms with Gasteiger partial charge in [0.05, 0.1) is 6.20 Å². The first-order valence-corrected chi connectivity index (χ1v) is 7.63. The Balaban J connectivity index is 1.97. The lowest BCUT2D eigenvalue weighted by atomic mass is 9.76. The van der Waals surface area contributed by atoms with Crippen molar-refractivity contribution in [1.82, 2.24) is 9.97 Å². The molecule has 1 fully saturated rings. The van der Waals surface area contributed by atoms with Crippen LogP contribution < -0.4 is 10.6 Å². The zero-order valence-corrected chi connectivity index (χ0v) is 12.5. The van der Waals surface area contributed by atoms with E-state index in [2.05, 4.69) is 34.4 Å². The monoisotopic (exact) mass is 280 g/mol. The molecule has 0 amide bonds. The molecule has 0 saturated heterocycles. The molecule has 2 N–H and O–H groups in total. The third kappa shape index (κ3) is 4.05. The number of hydrogen-bond acceptors (Lipinski definition) is 4. The summed E-state index contributed by atoms with van der Waals surface area (Å²) in [6, 6.07) is 0. The molecule has 0 aliphatic heterocycles. The van der Waals surface area contributed by atoms with Crippen molar-refractivity contribution in [1.29, 1.82) is 0 Å². The first kappa shape index (κ1) is 15.0. The van der Waals surface area contributed by atoms with E-state index >= 15 is 0 Å². The van der Waals surface area contributed by atoms with Gasteiger partial charge in [0.25, 0.3) is 0 Å². The average molecular weight is 280 g/mol. The molecule has 20 heavy (non-hydrogen) atoms. The van der Waals surface area contributed by atoms with Gasteiger partial charge in [-0.2, -0.15) is 4.98 Å². The van der Waals surface area contributed by atoms with Crippen LogP contribution in [0.15, 0.2) is 6.20 Å². The van der Waals surface area contributed by atoms with Crippen LogP contribution in [-0.4, -0.2) is 23.1 Å². The average Bonchev–Trinajstić information content (AvgIpc) is 2.46. The molecule has 112 valence electrons. The van der Waals surface area contributed by atoms with Gasteiger partial charge >= 0.3 is 0 Å². The van der Waals surface area contributed by atoms with Crippen LogP contribution in [0.4, 0.5) is 16.2 Å². The largest absolute Gasteiger partial charge is 0.367 e. The normalized spacial score (nSPS) is 17.8. The standard InChI is InChI=1S/C15H25FN4/c1-3-9-17-14-18-10-12(16)13(20-14)19-11-15(2)7-5-4-6-8-15/h10H,3-9,11H2,1-2H3,(H2,17,18,19,20). The Labute approximate surface area is 120 Å². The first-order chi connectivity index (χ1) is 9.63. The summed E-state index contributed by atoms with van der Waals surface area (Å²) in [5.41, 5.74) is 0.257. The molecule has 4 nitrogen and oxygen atoms in total. The molecule has 5 heteroatoms. The maximum absolute atomic E-state index is 13.8. The highest BCUT2D eigenvalue weighted by molar-refractivity contribution is 5.41. The second-order valence-electron chi connectivity index (χ2n) is 6.04. The van der Waals surface area contributed by atoms with Crippen LogP contribution in [0.5, 0.6) is 0 Å². The van der Waals surface area contributed by atoms with E-state index in [1.807, 2.05) is 0 Å². The van der Waals surface area contributed by atoms with Crippen molar-refractivity contribution in [3.05, 3.63) is 12.0 Å². The molecule has 0 aromatic carbocycles. The second-order valence-corrected chi connectivity index (χ2v) is 6.04. The molecule has 1 saturated carbocycles. The number of aromatic nitrogens is 2. The molecule has 1 aromatic heterocycles. The molecule has 0 bridgehead atoms. The van der Waals surface area contributed by atoms with Crippen molar-refractivity contribution in [2.24, 2.45) is 5.41 Å². The van der Waals surface area contributed by atoms with Gasteiger partial charge in [-0.15, -0.1) is 0 Å². The van der Waals surface area contributed by atoms with Crippen LogP contribution in [0.25, 0.3) is 0 Å². The molecule has 1 aliphatic carbocycles. The van der Waals surface area contributed by atoms with E-state index in [1.54, 1.807) is 0 Å². The summed E-state index contributed by atoms with van der Waals surface area (Å²) in [5, 5.41) is 6.25. The van der Waals surface area contributed by atoms with Crippen molar-refractivity contribution < 1.29 is 4.39 Å². The lowest BCUT2D eigenvalue weighted by Crippen LogP contribution is -2.29. The molecule has 0 atom stereocenters. The van der Waals surface area contributed by atoms with Gasteiger partial charge in [0, 0.05) is 13.1 Å². The Morgan fingerprint density at radius 3 is 2.70 bits per heavy atom. The third-order valence-electron chi connectivity index (χ3n) is 4.02. The van der Waals surface area contributed by atoms with Crippen LogP contribution >= 0.6 is 0 Å². The molecule has 0 unspecified atom stereocenters. The van der Waals surface area contributed by atoms with Crippen molar-refractivity contribution in [3.63, 3.8) is 0 Å². The maximum atomic E-state index is 13.8. The number of nitrogens with one attached hydrogen (secondary N) is 2. The third-order valence-corrected chi connectivity index (χ3v) is 4.02. The Kier molecular flexibility index (Phi) is 5.15. The fraction of sp³-hybridized carbons (Fsp3) is 0.733. The summed E-state index contributed by atoms with van der Waals surface area (Å²) in [5.74, 6) is 0.418. The van der Waals surface area contributed by atoms with Crippen molar-refractivity contribution >= 4 is 11.8 Å². The van der Waals surface area contributed by atoms with E-state index in [-0.39, 0.29) is 11.2 Å². The van der Waals surface area contributed by atoms with Gasteiger partial charge in [-0.05, 0) is 24.7 Å². The topological polar surface area (TPSA) is 49.8 Å². The zero-order chi connectivity index (χ0) is 14.4. The molecule has 1 heterocycles. The second kappa shape index (κ2) is 6.86. The number of halogens is 1. The predicted octanol–water partition coefficient (Wildman–Crippen LogP) is 3.82. The van der Waals surface area contributed by atoms with Gasteiger partial charge in [0.2, 0.25) is 5.95 Å². The Bertz CT molecular complexity index is 430. The van der Waals surface area contributed by atoms with Crippen LogP contribution in [-0.2, 0) is 0 Å². The van der Waals surface area contributed by atoms with E-state index in [0.29, 0.717) is 11.8 Å². The molecule has 1 aromatic rings. The molecule has 0 radical (unpaired) electrons. The number of rotatable bonds is 6. The van der Waals surface area contributed by atoms with E-state index in [4.69, 9.17) is 0 Å². The molecule has 0 spiro atoms. The Morgan fingerprint density at radius 1 is 1.25 bits per heavy atom.